The molecule has 0 aromatic carbocycles. The molecular weight excluding hydrogens is 206 g/mol. The van der Waals surface area contributed by atoms with Gasteiger partial charge in [-0.3, -0.25) is 4.79 Å². The van der Waals surface area contributed by atoms with Crippen LogP contribution in [0.4, 0.5) is 5.95 Å². The Hall–Kier alpha value is -1.59. The minimum atomic E-state index is -0.0485. The molecule has 16 heavy (non-hydrogen) atoms. The van der Waals surface area contributed by atoms with Gasteiger partial charge in [0, 0.05) is 6.54 Å². The van der Waals surface area contributed by atoms with Gasteiger partial charge in [0.15, 0.2) is 0 Å². The molecule has 0 saturated heterocycles. The first kappa shape index (κ1) is 10.9. The van der Waals surface area contributed by atoms with Crippen molar-refractivity contribution in [2.45, 2.75) is 26.8 Å². The Balaban J connectivity index is 1.73. The number of aromatic nitrogens is 3. The van der Waals surface area contributed by atoms with Crippen LogP contribution in [-0.2, 0) is 11.3 Å². The van der Waals surface area contributed by atoms with E-state index < -0.39 is 0 Å². The summed E-state index contributed by atoms with van der Waals surface area (Å²) in [4.78, 5) is 15.3. The molecule has 6 nitrogen and oxygen atoms in total. The summed E-state index contributed by atoms with van der Waals surface area (Å²) in [5, 5.41) is 6.73. The first-order chi connectivity index (χ1) is 7.47. The number of carbonyl (C=O) groups excluding carboxylic acids is 1. The Morgan fingerprint density at radius 2 is 2.44 bits per heavy atom. The lowest BCUT2D eigenvalue weighted by atomic mass is 10.1. The van der Waals surface area contributed by atoms with Crippen molar-refractivity contribution in [1.82, 2.24) is 20.1 Å². The number of rotatable bonds is 4. The Morgan fingerprint density at radius 1 is 1.75 bits per heavy atom. The van der Waals surface area contributed by atoms with Gasteiger partial charge in [-0.15, -0.1) is 5.10 Å². The molecule has 0 spiro atoms. The molecule has 1 aliphatic carbocycles. The number of hydrogen-bond acceptors (Lipinski definition) is 4. The van der Waals surface area contributed by atoms with Gasteiger partial charge in [0.25, 0.3) is 0 Å². The maximum atomic E-state index is 11.5. The van der Waals surface area contributed by atoms with Gasteiger partial charge in [0.05, 0.1) is 0 Å². The maximum absolute atomic E-state index is 11.5. The van der Waals surface area contributed by atoms with Gasteiger partial charge in [-0.1, -0.05) is 13.8 Å². The van der Waals surface area contributed by atoms with Crippen molar-refractivity contribution < 1.29 is 4.79 Å². The summed E-state index contributed by atoms with van der Waals surface area (Å²) in [6.45, 7) is 5.34. The Kier molecular flexibility index (Phi) is 2.57. The van der Waals surface area contributed by atoms with Crippen LogP contribution in [0.1, 0.15) is 20.3 Å². The predicted octanol–water partition coefficient (Wildman–Crippen LogP) is 0.0226. The fraction of sp³-hybridized carbons (Fsp3) is 0.700. The van der Waals surface area contributed by atoms with Crippen molar-refractivity contribution in [3.63, 3.8) is 0 Å². The molecule has 0 radical (unpaired) electrons. The monoisotopic (exact) mass is 223 g/mol. The fourth-order valence-corrected chi connectivity index (χ4v) is 1.75. The van der Waals surface area contributed by atoms with Crippen molar-refractivity contribution in [3.8, 4) is 0 Å². The highest BCUT2D eigenvalue weighted by Crippen LogP contribution is 2.50. The van der Waals surface area contributed by atoms with Crippen LogP contribution < -0.4 is 11.1 Å². The summed E-state index contributed by atoms with van der Waals surface area (Å²) >= 11 is 0. The summed E-state index contributed by atoms with van der Waals surface area (Å²) in [5.74, 6) is 0.751. The molecule has 1 amide bonds. The molecule has 1 aromatic rings. The third kappa shape index (κ3) is 2.50. The van der Waals surface area contributed by atoms with Crippen LogP contribution in [0.25, 0.3) is 0 Å². The van der Waals surface area contributed by atoms with Crippen LogP contribution in [-0.4, -0.2) is 27.2 Å². The van der Waals surface area contributed by atoms with Crippen molar-refractivity contribution in [2.24, 2.45) is 11.3 Å². The Bertz CT molecular complexity index is 398. The minimum Gasteiger partial charge on any atom is -0.367 e. The van der Waals surface area contributed by atoms with E-state index in [0.717, 1.165) is 6.54 Å². The number of carbonyl (C=O) groups is 1. The predicted molar refractivity (Wildman–Crippen MR) is 59.3 cm³/mol. The molecular formula is C10H17N5O. The first-order valence-electron chi connectivity index (χ1n) is 5.39. The molecule has 1 heterocycles. The Morgan fingerprint density at radius 3 is 2.94 bits per heavy atom. The molecule has 0 bridgehead atoms. The lowest BCUT2D eigenvalue weighted by Gasteiger charge is -2.06. The van der Waals surface area contributed by atoms with Crippen molar-refractivity contribution >= 4 is 11.9 Å². The molecule has 3 N–H and O–H groups in total. The fourth-order valence-electron chi connectivity index (χ4n) is 1.75. The number of hydrogen-bond donors (Lipinski definition) is 2. The van der Waals surface area contributed by atoms with Gasteiger partial charge in [0.2, 0.25) is 11.9 Å². The zero-order valence-electron chi connectivity index (χ0n) is 9.60. The van der Waals surface area contributed by atoms with Gasteiger partial charge < -0.3 is 11.1 Å². The number of amides is 1. The van der Waals surface area contributed by atoms with E-state index in [2.05, 4.69) is 29.2 Å². The van der Waals surface area contributed by atoms with Gasteiger partial charge in [0.1, 0.15) is 12.9 Å². The first-order valence-corrected chi connectivity index (χ1v) is 5.39. The zero-order chi connectivity index (χ0) is 11.8. The smallest absolute Gasteiger partial charge is 0.241 e. The number of nitrogens with zero attached hydrogens (tertiary/aromatic N) is 3. The van der Waals surface area contributed by atoms with Gasteiger partial charge in [-0.25, -0.2) is 9.67 Å². The quantitative estimate of drug-likeness (QED) is 0.753. The van der Waals surface area contributed by atoms with Crippen LogP contribution in [0.5, 0.6) is 0 Å². The van der Waals surface area contributed by atoms with E-state index in [9.17, 15) is 4.79 Å². The lowest BCUT2D eigenvalue weighted by Crippen LogP contribution is -2.30. The van der Waals surface area contributed by atoms with E-state index >= 15 is 0 Å². The molecule has 1 atom stereocenters. The highest BCUT2D eigenvalue weighted by Gasteiger charge is 2.45. The van der Waals surface area contributed by atoms with Crippen molar-refractivity contribution in [3.05, 3.63) is 6.33 Å². The zero-order valence-corrected chi connectivity index (χ0v) is 9.60. The van der Waals surface area contributed by atoms with E-state index in [1.165, 1.54) is 17.4 Å². The van der Waals surface area contributed by atoms with Crippen LogP contribution in [0.3, 0.4) is 0 Å². The van der Waals surface area contributed by atoms with E-state index in [-0.39, 0.29) is 18.4 Å². The third-order valence-electron chi connectivity index (χ3n) is 3.12. The highest BCUT2D eigenvalue weighted by atomic mass is 16.2. The van der Waals surface area contributed by atoms with E-state index in [4.69, 9.17) is 5.73 Å². The van der Waals surface area contributed by atoms with Crippen LogP contribution in [0.15, 0.2) is 6.33 Å². The van der Waals surface area contributed by atoms with Crippen LogP contribution in [0.2, 0.25) is 0 Å². The van der Waals surface area contributed by atoms with Crippen molar-refractivity contribution in [1.29, 1.82) is 0 Å². The number of nitrogens with two attached hydrogens (primary N) is 1. The second kappa shape index (κ2) is 3.77. The SMILES string of the molecule is CC1(C)CC1CNC(=O)Cn1cnc(N)n1. The molecule has 88 valence electrons. The topological polar surface area (TPSA) is 85.8 Å². The average Bonchev–Trinajstić information content (AvgIpc) is 2.57. The molecule has 1 aromatic heterocycles. The number of anilines is 1. The lowest BCUT2D eigenvalue weighted by molar-refractivity contribution is -0.121. The third-order valence-corrected chi connectivity index (χ3v) is 3.12. The Labute approximate surface area is 94.2 Å². The largest absolute Gasteiger partial charge is 0.367 e. The van der Waals surface area contributed by atoms with Crippen LogP contribution >= 0.6 is 0 Å². The second-order valence-corrected chi connectivity index (χ2v) is 4.99. The number of nitrogens with one attached hydrogen (secondary N) is 1. The number of nitrogen functional groups attached to an aromatic ring is 1. The molecule has 1 aliphatic rings. The minimum absolute atomic E-state index is 0.0485. The molecule has 0 aliphatic heterocycles. The van der Waals surface area contributed by atoms with Gasteiger partial charge in [-0.2, -0.15) is 0 Å². The molecule has 2 rings (SSSR count). The molecule has 1 fully saturated rings. The van der Waals surface area contributed by atoms with Gasteiger partial charge in [-0.05, 0) is 17.8 Å². The summed E-state index contributed by atoms with van der Waals surface area (Å²) in [7, 11) is 0. The summed E-state index contributed by atoms with van der Waals surface area (Å²) in [6.07, 6.45) is 2.64. The summed E-state index contributed by atoms with van der Waals surface area (Å²) in [6, 6.07) is 0. The van der Waals surface area contributed by atoms with Crippen LogP contribution in [0, 0.1) is 11.3 Å². The molecule has 1 unspecified atom stereocenters. The van der Waals surface area contributed by atoms with Gasteiger partial charge >= 0.3 is 0 Å². The summed E-state index contributed by atoms with van der Waals surface area (Å²) in [5.41, 5.74) is 5.74. The standard InChI is InChI=1S/C10H17N5O/c1-10(2)3-7(10)4-12-8(16)5-15-6-13-9(11)14-15/h6-7H,3-5H2,1-2H3,(H2,11,14)(H,12,16). The summed E-state index contributed by atoms with van der Waals surface area (Å²) < 4.78 is 1.43. The average molecular weight is 223 g/mol. The second-order valence-electron chi connectivity index (χ2n) is 4.99. The highest BCUT2D eigenvalue weighted by molar-refractivity contribution is 5.75. The normalized spacial score (nSPS) is 21.8. The molecule has 6 heteroatoms. The van der Waals surface area contributed by atoms with E-state index in [0.29, 0.717) is 11.3 Å². The maximum Gasteiger partial charge on any atom is 0.241 e. The van der Waals surface area contributed by atoms with E-state index in [1.807, 2.05) is 0 Å². The molecule has 1 saturated carbocycles. The van der Waals surface area contributed by atoms with E-state index in [1.54, 1.807) is 0 Å². The van der Waals surface area contributed by atoms with Crippen molar-refractivity contribution in [2.75, 3.05) is 12.3 Å².